The molecule has 196 valence electrons. The maximum Gasteiger partial charge on any atom is 0.338 e. The zero-order valence-electron chi connectivity index (χ0n) is 21.0. The molecule has 0 N–H and O–H groups in total. The largest absolute Gasteiger partial charge is 0.459 e. The predicted octanol–water partition coefficient (Wildman–Crippen LogP) is 2.91. The van der Waals surface area contributed by atoms with Crippen LogP contribution in [-0.4, -0.2) is 39.9 Å². The second kappa shape index (κ2) is 11.7. The van der Waals surface area contributed by atoms with Gasteiger partial charge in [0.25, 0.3) is 5.56 Å². The number of benzene rings is 2. The average molecular weight is 518 g/mol. The van der Waals surface area contributed by atoms with E-state index in [4.69, 9.17) is 19.5 Å². The van der Waals surface area contributed by atoms with E-state index in [-0.39, 0.29) is 26.0 Å². The van der Waals surface area contributed by atoms with Crippen molar-refractivity contribution in [3.63, 3.8) is 0 Å². The van der Waals surface area contributed by atoms with E-state index >= 15 is 0 Å². The van der Waals surface area contributed by atoms with Crippen molar-refractivity contribution in [1.82, 2.24) is 9.13 Å². The van der Waals surface area contributed by atoms with Crippen LogP contribution in [0.25, 0.3) is 0 Å². The van der Waals surface area contributed by atoms with Crippen LogP contribution >= 0.6 is 0 Å². The molecule has 3 aromatic rings. The van der Waals surface area contributed by atoms with Crippen LogP contribution in [0.4, 0.5) is 0 Å². The highest BCUT2D eigenvalue weighted by molar-refractivity contribution is 5.90. The van der Waals surface area contributed by atoms with Gasteiger partial charge in [0.05, 0.1) is 23.6 Å². The third kappa shape index (κ3) is 6.07. The summed E-state index contributed by atoms with van der Waals surface area (Å²) < 4.78 is 19.3. The van der Waals surface area contributed by atoms with Crippen LogP contribution in [0.5, 0.6) is 0 Å². The van der Waals surface area contributed by atoms with Crippen LogP contribution in [0.1, 0.15) is 50.9 Å². The first-order valence-corrected chi connectivity index (χ1v) is 12.1. The first-order chi connectivity index (χ1) is 18.3. The summed E-state index contributed by atoms with van der Waals surface area (Å²) in [4.78, 5) is 51.1. The van der Waals surface area contributed by atoms with Gasteiger partial charge in [-0.1, -0.05) is 35.4 Å². The zero-order valence-corrected chi connectivity index (χ0v) is 21.0. The van der Waals surface area contributed by atoms with Gasteiger partial charge in [0.2, 0.25) is 0 Å². The summed E-state index contributed by atoms with van der Waals surface area (Å²) >= 11 is 0. The lowest BCUT2D eigenvalue weighted by atomic mass is 10.1. The molecule has 2 aromatic carbocycles. The molecule has 10 nitrogen and oxygen atoms in total. The number of carbonyl (C=O) groups is 2. The minimum atomic E-state index is -1.07. The summed E-state index contributed by atoms with van der Waals surface area (Å²) in [6.45, 7) is 3.63. The molecule has 2 heterocycles. The van der Waals surface area contributed by atoms with Gasteiger partial charge in [-0.05, 0) is 38.1 Å². The molecular formula is C28H27N3O7. The molecule has 0 aliphatic carbocycles. The molecule has 0 bridgehead atoms. The van der Waals surface area contributed by atoms with Crippen molar-refractivity contribution < 1.29 is 23.8 Å². The normalized spacial score (nSPS) is 18.5. The molecule has 1 fully saturated rings. The Labute approximate surface area is 218 Å². The Morgan fingerprint density at radius 2 is 1.58 bits per heavy atom. The van der Waals surface area contributed by atoms with E-state index in [9.17, 15) is 19.2 Å². The Morgan fingerprint density at radius 3 is 2.18 bits per heavy atom. The van der Waals surface area contributed by atoms with Crippen molar-refractivity contribution in [3.8, 4) is 6.07 Å². The number of carbonyl (C=O) groups excluding carboxylic acids is 2. The van der Waals surface area contributed by atoms with Crippen molar-refractivity contribution in [3.05, 3.63) is 104 Å². The number of aryl methyl sites for hydroxylation is 3. The fraction of sp³-hybridized carbons (Fsp3) is 0.321. The zero-order chi connectivity index (χ0) is 27.2. The van der Waals surface area contributed by atoms with Crippen molar-refractivity contribution in [2.24, 2.45) is 0 Å². The van der Waals surface area contributed by atoms with Gasteiger partial charge in [-0.25, -0.2) is 19.0 Å². The summed E-state index contributed by atoms with van der Waals surface area (Å²) in [6.07, 6.45) is -1.51. The van der Waals surface area contributed by atoms with E-state index in [1.54, 1.807) is 48.5 Å². The predicted molar refractivity (Wildman–Crippen MR) is 136 cm³/mol. The molecule has 1 aliphatic heterocycles. The van der Waals surface area contributed by atoms with Crippen molar-refractivity contribution in [2.75, 3.05) is 6.61 Å². The lowest BCUT2D eigenvalue weighted by molar-refractivity contribution is -0.0592. The van der Waals surface area contributed by atoms with E-state index in [1.807, 2.05) is 19.9 Å². The van der Waals surface area contributed by atoms with E-state index in [2.05, 4.69) is 0 Å². The van der Waals surface area contributed by atoms with E-state index in [1.165, 1.54) is 16.8 Å². The summed E-state index contributed by atoms with van der Waals surface area (Å²) in [5.41, 5.74) is 1.37. The van der Waals surface area contributed by atoms with Gasteiger partial charge in [0, 0.05) is 25.2 Å². The highest BCUT2D eigenvalue weighted by atomic mass is 16.6. The number of hydrogen-bond donors (Lipinski definition) is 0. The number of aromatic nitrogens is 2. The van der Waals surface area contributed by atoms with Crippen LogP contribution in [0, 0.1) is 25.2 Å². The van der Waals surface area contributed by atoms with Crippen LogP contribution in [-0.2, 0) is 20.8 Å². The van der Waals surface area contributed by atoms with Crippen LogP contribution in [0.15, 0.2) is 70.4 Å². The maximum absolute atomic E-state index is 13.0. The first-order valence-electron chi connectivity index (χ1n) is 12.1. The second-order valence-electron chi connectivity index (χ2n) is 9.05. The fourth-order valence-electron chi connectivity index (χ4n) is 4.09. The van der Waals surface area contributed by atoms with E-state index in [0.29, 0.717) is 11.1 Å². The summed E-state index contributed by atoms with van der Waals surface area (Å²) in [5.74, 6) is -1.20. The van der Waals surface area contributed by atoms with Gasteiger partial charge in [0.15, 0.2) is 0 Å². The minimum absolute atomic E-state index is 0.0121. The van der Waals surface area contributed by atoms with Crippen molar-refractivity contribution in [1.29, 1.82) is 5.26 Å². The molecule has 0 radical (unpaired) electrons. The molecule has 1 saturated heterocycles. The molecule has 38 heavy (non-hydrogen) atoms. The maximum atomic E-state index is 13.0. The van der Waals surface area contributed by atoms with Crippen molar-refractivity contribution >= 4 is 11.9 Å². The monoisotopic (exact) mass is 517 g/mol. The SMILES string of the molecule is Cc1ccc(C(=O)OC[C@H]2O[C@@H](n3c(=O)ccn(CCC#N)c3=O)CC2OC(=O)c2ccc(C)cc2)cc1. The minimum Gasteiger partial charge on any atom is -0.459 e. The van der Waals surface area contributed by atoms with Crippen molar-refractivity contribution in [2.45, 2.75) is 51.7 Å². The second-order valence-corrected chi connectivity index (χ2v) is 9.05. The highest BCUT2D eigenvalue weighted by Crippen LogP contribution is 2.30. The number of rotatable bonds is 8. The fourth-order valence-corrected chi connectivity index (χ4v) is 4.09. The third-order valence-corrected chi connectivity index (χ3v) is 6.23. The lowest BCUT2D eigenvalue weighted by Crippen LogP contribution is -2.41. The van der Waals surface area contributed by atoms with Gasteiger partial charge in [-0.15, -0.1) is 0 Å². The third-order valence-electron chi connectivity index (χ3n) is 6.23. The molecule has 1 aromatic heterocycles. The van der Waals surface area contributed by atoms with Gasteiger partial charge >= 0.3 is 17.6 Å². The molecule has 0 amide bonds. The van der Waals surface area contributed by atoms with Gasteiger partial charge in [0.1, 0.15) is 25.0 Å². The Balaban J connectivity index is 1.57. The Morgan fingerprint density at radius 1 is 0.974 bits per heavy atom. The summed E-state index contributed by atoms with van der Waals surface area (Å²) in [6, 6.07) is 16.8. The Bertz CT molecular complexity index is 1470. The molecule has 3 atom stereocenters. The first kappa shape index (κ1) is 26.6. The Kier molecular flexibility index (Phi) is 8.19. The van der Waals surface area contributed by atoms with Gasteiger partial charge in [-0.3, -0.25) is 9.36 Å². The molecule has 10 heteroatoms. The summed E-state index contributed by atoms with van der Waals surface area (Å²) in [5, 5.41) is 8.87. The quantitative estimate of drug-likeness (QED) is 0.417. The number of nitriles is 1. The van der Waals surface area contributed by atoms with Gasteiger partial charge < -0.3 is 14.2 Å². The highest BCUT2D eigenvalue weighted by Gasteiger charge is 2.41. The number of nitrogens with zero attached hydrogens (tertiary/aromatic N) is 3. The number of esters is 2. The van der Waals surface area contributed by atoms with Crippen LogP contribution in [0.2, 0.25) is 0 Å². The topological polar surface area (TPSA) is 130 Å². The molecule has 1 unspecified atom stereocenters. The van der Waals surface area contributed by atoms with Gasteiger partial charge in [-0.2, -0.15) is 5.26 Å². The number of ether oxygens (including phenoxy) is 3. The number of hydrogen-bond acceptors (Lipinski definition) is 8. The van der Waals surface area contributed by atoms with E-state index < -0.39 is 41.6 Å². The lowest BCUT2D eigenvalue weighted by Gasteiger charge is -2.19. The Hall–Kier alpha value is -4.49. The standard InChI is InChI=1S/C28H27N3O7/c1-18-4-8-20(9-5-18)26(33)36-17-23-22(38-27(34)21-10-6-19(2)7-11-21)16-25(37-23)31-24(32)12-15-30(28(31)35)14-3-13-29/h4-12,15,22-23,25H,3,14,16-17H2,1-2H3/t22?,23-,25-/m1/s1. The molecule has 0 saturated carbocycles. The summed E-state index contributed by atoms with van der Waals surface area (Å²) in [7, 11) is 0. The van der Waals surface area contributed by atoms with E-state index in [0.717, 1.165) is 15.7 Å². The average Bonchev–Trinajstić information content (AvgIpc) is 3.29. The van der Waals surface area contributed by atoms with Crippen LogP contribution in [0.3, 0.4) is 0 Å². The molecular weight excluding hydrogens is 490 g/mol. The van der Waals surface area contributed by atoms with Crippen LogP contribution < -0.4 is 11.2 Å². The molecule has 4 rings (SSSR count). The molecule has 1 aliphatic rings. The smallest absolute Gasteiger partial charge is 0.338 e. The molecule has 0 spiro atoms.